The number of hydrogen-bond acceptors (Lipinski definition) is 6. The first-order valence-electron chi connectivity index (χ1n) is 9.15. The van der Waals surface area contributed by atoms with Gasteiger partial charge in [0, 0.05) is 22.4 Å². The minimum atomic E-state index is -0.488. The van der Waals surface area contributed by atoms with Gasteiger partial charge in [0.25, 0.3) is 0 Å². The number of aryl methyl sites for hydroxylation is 2. The molecule has 0 amide bonds. The molecule has 0 atom stereocenters. The summed E-state index contributed by atoms with van der Waals surface area (Å²) >= 11 is 0. The molecule has 0 aliphatic rings. The van der Waals surface area contributed by atoms with E-state index in [1.807, 2.05) is 25.1 Å². The van der Waals surface area contributed by atoms with E-state index >= 15 is 0 Å². The average molecular weight is 390 g/mol. The molecule has 4 aromatic rings. The molecular formula is C22H18N2O5. The van der Waals surface area contributed by atoms with Crippen LogP contribution in [0.2, 0.25) is 0 Å². The molecule has 0 unspecified atom stereocenters. The zero-order valence-corrected chi connectivity index (χ0v) is 15.8. The van der Waals surface area contributed by atoms with Gasteiger partial charge in [-0.1, -0.05) is 24.3 Å². The van der Waals surface area contributed by atoms with Crippen molar-refractivity contribution in [3.63, 3.8) is 0 Å². The largest absolute Gasteiger partial charge is 0.461 e. The predicted molar refractivity (Wildman–Crippen MR) is 108 cm³/mol. The van der Waals surface area contributed by atoms with Crippen molar-refractivity contribution in [1.82, 2.24) is 9.78 Å². The Morgan fingerprint density at radius 3 is 2.79 bits per heavy atom. The molecule has 0 saturated heterocycles. The maximum absolute atomic E-state index is 12.2. The molecular weight excluding hydrogens is 372 g/mol. The Labute approximate surface area is 165 Å². The summed E-state index contributed by atoms with van der Waals surface area (Å²) in [5.41, 5.74) is 2.04. The quantitative estimate of drug-likeness (QED) is 0.384. The molecule has 7 heteroatoms. The van der Waals surface area contributed by atoms with Crippen LogP contribution in [0.5, 0.6) is 0 Å². The minimum Gasteiger partial charge on any atom is -0.461 e. The third-order valence-electron chi connectivity index (χ3n) is 4.66. The van der Waals surface area contributed by atoms with Crippen LogP contribution in [-0.2, 0) is 22.7 Å². The lowest BCUT2D eigenvalue weighted by Crippen LogP contribution is -2.15. The van der Waals surface area contributed by atoms with E-state index in [1.54, 1.807) is 28.9 Å². The molecule has 0 spiro atoms. The van der Waals surface area contributed by atoms with Gasteiger partial charge in [0.1, 0.15) is 12.2 Å². The lowest BCUT2D eigenvalue weighted by atomic mass is 10.1. The molecule has 0 bridgehead atoms. The summed E-state index contributed by atoms with van der Waals surface area (Å²) < 4.78 is 12.2. The lowest BCUT2D eigenvalue weighted by Gasteiger charge is -2.10. The number of hydrogen-bond donors (Lipinski definition) is 0. The number of para-hydroxylation sites is 1. The van der Waals surface area contributed by atoms with Crippen LogP contribution in [0, 0.1) is 6.92 Å². The van der Waals surface area contributed by atoms with Gasteiger partial charge in [-0.05, 0) is 30.7 Å². The highest BCUT2D eigenvalue weighted by molar-refractivity contribution is 5.81. The number of nitrogens with zero attached hydrogens (tertiary/aromatic N) is 2. The third kappa shape index (κ3) is 3.94. The Morgan fingerprint density at radius 2 is 1.93 bits per heavy atom. The Hall–Kier alpha value is -3.74. The van der Waals surface area contributed by atoms with Crippen molar-refractivity contribution in [2.45, 2.75) is 26.5 Å². The van der Waals surface area contributed by atoms with Crippen molar-refractivity contribution in [2.24, 2.45) is 0 Å². The highest BCUT2D eigenvalue weighted by atomic mass is 16.5. The van der Waals surface area contributed by atoms with Crippen LogP contribution in [0.15, 0.2) is 68.7 Å². The molecule has 0 aliphatic carbocycles. The summed E-state index contributed by atoms with van der Waals surface area (Å²) in [4.78, 5) is 35.9. The number of aromatic nitrogens is 2. The zero-order chi connectivity index (χ0) is 20.4. The fourth-order valence-electron chi connectivity index (χ4n) is 3.22. The first kappa shape index (κ1) is 18.6. The SMILES string of the molecule is Cc1ccc2c(COC(=O)CCn3ncc(=O)c4ccccc43)cc(=O)oc2c1. The Kier molecular flexibility index (Phi) is 4.95. The lowest BCUT2D eigenvalue weighted by molar-refractivity contribution is -0.145. The molecule has 0 N–H and O–H groups in total. The molecule has 146 valence electrons. The number of rotatable bonds is 5. The number of ether oxygens (including phenoxy) is 1. The van der Waals surface area contributed by atoms with Crippen LogP contribution < -0.4 is 11.1 Å². The van der Waals surface area contributed by atoms with E-state index < -0.39 is 11.6 Å². The molecule has 0 radical (unpaired) electrons. The van der Waals surface area contributed by atoms with E-state index in [9.17, 15) is 14.4 Å². The maximum Gasteiger partial charge on any atom is 0.336 e. The van der Waals surface area contributed by atoms with Gasteiger partial charge in [-0.15, -0.1) is 0 Å². The summed E-state index contributed by atoms with van der Waals surface area (Å²) in [6, 6.07) is 14.0. The van der Waals surface area contributed by atoms with Crippen molar-refractivity contribution in [2.75, 3.05) is 0 Å². The molecule has 29 heavy (non-hydrogen) atoms. The molecule has 7 nitrogen and oxygen atoms in total. The van der Waals surface area contributed by atoms with Gasteiger partial charge in [0.15, 0.2) is 0 Å². The van der Waals surface area contributed by atoms with Gasteiger partial charge in [-0.25, -0.2) is 4.79 Å². The monoisotopic (exact) mass is 390 g/mol. The summed E-state index contributed by atoms with van der Waals surface area (Å²) in [5, 5.41) is 5.38. The number of fused-ring (bicyclic) bond motifs is 2. The highest BCUT2D eigenvalue weighted by Gasteiger charge is 2.11. The highest BCUT2D eigenvalue weighted by Crippen LogP contribution is 2.19. The Bertz CT molecular complexity index is 1340. The smallest absolute Gasteiger partial charge is 0.336 e. The first-order chi connectivity index (χ1) is 14.0. The van der Waals surface area contributed by atoms with Gasteiger partial charge in [-0.2, -0.15) is 5.10 Å². The number of benzene rings is 2. The normalized spacial score (nSPS) is 11.1. The fourth-order valence-corrected chi connectivity index (χ4v) is 3.22. The van der Waals surface area contributed by atoms with Crippen molar-refractivity contribution in [3.8, 4) is 0 Å². The number of esters is 1. The maximum atomic E-state index is 12.2. The van der Waals surface area contributed by atoms with Crippen molar-refractivity contribution in [3.05, 3.63) is 86.5 Å². The predicted octanol–water partition coefficient (Wildman–Crippen LogP) is 2.94. The first-order valence-corrected chi connectivity index (χ1v) is 9.15. The van der Waals surface area contributed by atoms with E-state index in [-0.39, 0.29) is 25.0 Å². The van der Waals surface area contributed by atoms with Crippen molar-refractivity contribution < 1.29 is 13.9 Å². The van der Waals surface area contributed by atoms with E-state index in [0.29, 0.717) is 22.0 Å². The average Bonchev–Trinajstić information content (AvgIpc) is 2.71. The Balaban J connectivity index is 1.47. The molecule has 2 aromatic heterocycles. The summed E-state index contributed by atoms with van der Waals surface area (Å²) in [5.74, 6) is -0.428. The second-order valence-corrected chi connectivity index (χ2v) is 6.75. The van der Waals surface area contributed by atoms with E-state index in [0.717, 1.165) is 10.9 Å². The van der Waals surface area contributed by atoms with Gasteiger partial charge < -0.3 is 9.15 Å². The summed E-state index contributed by atoms with van der Waals surface area (Å²) in [6.07, 6.45) is 1.32. The molecule has 0 fully saturated rings. The second kappa shape index (κ2) is 7.71. The number of carbonyl (C=O) groups is 1. The standard InChI is InChI=1S/C22H18N2O5/c1-14-6-7-16-15(11-22(27)29-20(16)10-14)13-28-21(26)8-9-24-18-5-3-2-4-17(18)19(25)12-23-24/h2-7,10-12H,8-9,13H2,1H3. The zero-order valence-electron chi connectivity index (χ0n) is 15.8. The topological polar surface area (TPSA) is 91.4 Å². The van der Waals surface area contributed by atoms with Crippen molar-refractivity contribution in [1.29, 1.82) is 0 Å². The number of carbonyl (C=O) groups excluding carboxylic acids is 1. The van der Waals surface area contributed by atoms with Gasteiger partial charge in [-0.3, -0.25) is 14.3 Å². The second-order valence-electron chi connectivity index (χ2n) is 6.75. The van der Waals surface area contributed by atoms with Crippen LogP contribution in [-0.4, -0.2) is 15.7 Å². The molecule has 4 rings (SSSR count). The van der Waals surface area contributed by atoms with E-state index in [4.69, 9.17) is 9.15 Å². The van der Waals surface area contributed by atoms with E-state index in [1.165, 1.54) is 12.3 Å². The molecule has 2 heterocycles. The molecule has 2 aromatic carbocycles. The van der Waals surface area contributed by atoms with Crippen LogP contribution in [0.3, 0.4) is 0 Å². The molecule has 0 aliphatic heterocycles. The van der Waals surface area contributed by atoms with Gasteiger partial charge >= 0.3 is 11.6 Å². The summed E-state index contributed by atoms with van der Waals surface area (Å²) in [6.45, 7) is 2.15. The minimum absolute atomic E-state index is 0.0255. The third-order valence-corrected chi connectivity index (χ3v) is 4.66. The van der Waals surface area contributed by atoms with Crippen molar-refractivity contribution >= 4 is 27.8 Å². The Morgan fingerprint density at radius 1 is 1.10 bits per heavy atom. The van der Waals surface area contributed by atoms with E-state index in [2.05, 4.69) is 5.10 Å². The van der Waals surface area contributed by atoms with Gasteiger partial charge in [0.2, 0.25) is 5.43 Å². The van der Waals surface area contributed by atoms with Crippen LogP contribution in [0.4, 0.5) is 0 Å². The van der Waals surface area contributed by atoms with Crippen LogP contribution in [0.25, 0.3) is 21.9 Å². The van der Waals surface area contributed by atoms with Gasteiger partial charge in [0.05, 0.1) is 24.7 Å². The van der Waals surface area contributed by atoms with Crippen LogP contribution in [0.1, 0.15) is 17.5 Å². The molecule has 0 saturated carbocycles. The fraction of sp³-hybridized carbons (Fsp3) is 0.182. The summed E-state index contributed by atoms with van der Waals surface area (Å²) in [7, 11) is 0. The van der Waals surface area contributed by atoms with Crippen LogP contribution >= 0.6 is 0 Å².